The molecule has 0 radical (unpaired) electrons. The number of hydrogen-bond donors (Lipinski definition) is 2. The van der Waals surface area contributed by atoms with Gasteiger partial charge in [-0.25, -0.2) is 0 Å². The van der Waals surface area contributed by atoms with Crippen molar-refractivity contribution >= 4 is 11.3 Å². The maximum Gasteiger partial charge on any atom is 0.0857 e. The molecule has 2 atom stereocenters. The lowest BCUT2D eigenvalue weighted by Gasteiger charge is -2.26. The first-order chi connectivity index (χ1) is 6.60. The topological polar surface area (TPSA) is 32.3 Å². The molecule has 2 unspecified atom stereocenters. The Labute approximate surface area is 89.0 Å². The van der Waals surface area contributed by atoms with Crippen LogP contribution >= 0.6 is 11.3 Å². The number of nitrogens with one attached hydrogen (secondary N) is 1. The first kappa shape index (κ1) is 10.1. The van der Waals surface area contributed by atoms with Gasteiger partial charge < -0.3 is 10.4 Å². The molecular weight excluding hydrogens is 194 g/mol. The molecule has 0 aliphatic carbocycles. The van der Waals surface area contributed by atoms with E-state index in [2.05, 4.69) is 31.3 Å². The first-order valence-corrected chi connectivity index (χ1v) is 5.93. The van der Waals surface area contributed by atoms with E-state index < -0.39 is 5.60 Å². The van der Waals surface area contributed by atoms with Crippen molar-refractivity contribution in [1.29, 1.82) is 0 Å². The maximum absolute atomic E-state index is 10.4. The highest BCUT2D eigenvalue weighted by atomic mass is 32.1. The molecule has 0 aromatic carbocycles. The summed E-state index contributed by atoms with van der Waals surface area (Å²) >= 11 is 1.79. The standard InChI is InChI=1S/C11H17NOS/c1-8-3-4-10(14-8)7-11(13)5-6-12-9(11)2/h3-4,9,12-13H,5-7H2,1-2H3. The highest BCUT2D eigenvalue weighted by Crippen LogP contribution is 2.28. The molecule has 1 aromatic heterocycles. The molecule has 1 aromatic rings. The van der Waals surface area contributed by atoms with Gasteiger partial charge in [-0.1, -0.05) is 0 Å². The summed E-state index contributed by atoms with van der Waals surface area (Å²) in [6, 6.07) is 4.46. The molecule has 1 saturated heterocycles. The van der Waals surface area contributed by atoms with Gasteiger partial charge in [0.1, 0.15) is 0 Å². The second kappa shape index (κ2) is 3.65. The van der Waals surface area contributed by atoms with Crippen molar-refractivity contribution in [3.8, 4) is 0 Å². The zero-order chi connectivity index (χ0) is 10.2. The van der Waals surface area contributed by atoms with Gasteiger partial charge in [0.05, 0.1) is 5.60 Å². The highest BCUT2D eigenvalue weighted by molar-refractivity contribution is 7.11. The Kier molecular flexibility index (Phi) is 2.64. The number of aliphatic hydroxyl groups is 1. The largest absolute Gasteiger partial charge is 0.388 e. The summed E-state index contributed by atoms with van der Waals surface area (Å²) < 4.78 is 0. The van der Waals surface area contributed by atoms with Crippen LogP contribution in [0, 0.1) is 6.92 Å². The minimum Gasteiger partial charge on any atom is -0.388 e. The predicted molar refractivity (Wildman–Crippen MR) is 59.8 cm³/mol. The van der Waals surface area contributed by atoms with Crippen LogP contribution in [0.2, 0.25) is 0 Å². The van der Waals surface area contributed by atoms with E-state index in [0.29, 0.717) is 0 Å². The van der Waals surface area contributed by atoms with E-state index in [9.17, 15) is 5.11 Å². The fourth-order valence-corrected chi connectivity index (χ4v) is 3.04. The maximum atomic E-state index is 10.4. The van der Waals surface area contributed by atoms with E-state index in [1.165, 1.54) is 9.75 Å². The summed E-state index contributed by atoms with van der Waals surface area (Å²) in [5.74, 6) is 0. The molecule has 0 bridgehead atoms. The minimum absolute atomic E-state index is 0.213. The molecule has 0 saturated carbocycles. The highest BCUT2D eigenvalue weighted by Gasteiger charge is 2.38. The lowest BCUT2D eigenvalue weighted by Crippen LogP contribution is -2.42. The smallest absolute Gasteiger partial charge is 0.0857 e. The molecule has 0 spiro atoms. The Balaban J connectivity index is 2.10. The summed E-state index contributed by atoms with van der Waals surface area (Å²) in [6.07, 6.45) is 1.66. The van der Waals surface area contributed by atoms with Crippen molar-refractivity contribution in [3.63, 3.8) is 0 Å². The number of aryl methyl sites for hydroxylation is 1. The molecule has 2 rings (SSSR count). The molecule has 3 heteroatoms. The zero-order valence-electron chi connectivity index (χ0n) is 8.71. The van der Waals surface area contributed by atoms with Gasteiger partial charge in [0.2, 0.25) is 0 Å². The zero-order valence-corrected chi connectivity index (χ0v) is 9.53. The van der Waals surface area contributed by atoms with Gasteiger partial charge in [-0.15, -0.1) is 11.3 Å². The Morgan fingerprint density at radius 1 is 1.64 bits per heavy atom. The van der Waals surface area contributed by atoms with Gasteiger partial charge in [-0.2, -0.15) is 0 Å². The van der Waals surface area contributed by atoms with Crippen LogP contribution in [0.3, 0.4) is 0 Å². The Morgan fingerprint density at radius 2 is 2.43 bits per heavy atom. The summed E-state index contributed by atoms with van der Waals surface area (Å²) in [4.78, 5) is 2.61. The van der Waals surface area contributed by atoms with Gasteiger partial charge >= 0.3 is 0 Å². The van der Waals surface area contributed by atoms with E-state index >= 15 is 0 Å². The number of hydrogen-bond acceptors (Lipinski definition) is 3. The molecule has 2 N–H and O–H groups in total. The lowest BCUT2D eigenvalue weighted by atomic mass is 9.91. The van der Waals surface area contributed by atoms with Gasteiger partial charge in [-0.05, 0) is 38.9 Å². The number of rotatable bonds is 2. The summed E-state index contributed by atoms with van der Waals surface area (Å²) in [6.45, 7) is 5.10. The van der Waals surface area contributed by atoms with Crippen LogP contribution in [0.5, 0.6) is 0 Å². The van der Waals surface area contributed by atoms with Gasteiger partial charge in [0.25, 0.3) is 0 Å². The van der Waals surface area contributed by atoms with Gasteiger partial charge in [-0.3, -0.25) is 0 Å². The summed E-state index contributed by atoms with van der Waals surface area (Å²) in [7, 11) is 0. The third-order valence-corrected chi connectivity index (χ3v) is 4.09. The molecule has 2 heterocycles. The third-order valence-electron chi connectivity index (χ3n) is 3.09. The van der Waals surface area contributed by atoms with E-state index in [1.807, 2.05) is 0 Å². The normalized spacial score (nSPS) is 32.4. The van der Waals surface area contributed by atoms with Crippen LogP contribution in [0.15, 0.2) is 12.1 Å². The first-order valence-electron chi connectivity index (χ1n) is 5.11. The molecular formula is C11H17NOS. The van der Waals surface area contributed by atoms with Crippen LogP contribution in [-0.4, -0.2) is 23.3 Å². The fourth-order valence-electron chi connectivity index (χ4n) is 2.03. The quantitative estimate of drug-likeness (QED) is 0.780. The Bertz CT molecular complexity index is 323. The van der Waals surface area contributed by atoms with Crippen LogP contribution in [0.1, 0.15) is 23.1 Å². The SMILES string of the molecule is Cc1ccc(CC2(O)CCNC2C)s1. The van der Waals surface area contributed by atoms with Crippen LogP contribution in [-0.2, 0) is 6.42 Å². The summed E-state index contributed by atoms with van der Waals surface area (Å²) in [5.41, 5.74) is -0.530. The van der Waals surface area contributed by atoms with Crippen molar-refractivity contribution in [1.82, 2.24) is 5.32 Å². The number of thiophene rings is 1. The minimum atomic E-state index is -0.530. The van der Waals surface area contributed by atoms with Crippen LogP contribution < -0.4 is 5.32 Å². The Morgan fingerprint density at radius 3 is 2.93 bits per heavy atom. The van der Waals surface area contributed by atoms with Crippen LogP contribution in [0.4, 0.5) is 0 Å². The van der Waals surface area contributed by atoms with Crippen molar-refractivity contribution < 1.29 is 5.11 Å². The molecule has 2 nitrogen and oxygen atoms in total. The summed E-state index contributed by atoms with van der Waals surface area (Å²) in [5, 5.41) is 13.7. The van der Waals surface area contributed by atoms with Crippen molar-refractivity contribution in [3.05, 3.63) is 21.9 Å². The van der Waals surface area contributed by atoms with Crippen molar-refractivity contribution in [2.75, 3.05) is 6.54 Å². The average molecular weight is 211 g/mol. The molecule has 14 heavy (non-hydrogen) atoms. The molecule has 1 aliphatic heterocycles. The molecule has 0 amide bonds. The van der Waals surface area contributed by atoms with Crippen molar-refractivity contribution in [2.45, 2.75) is 38.3 Å². The lowest BCUT2D eigenvalue weighted by molar-refractivity contribution is 0.0343. The third kappa shape index (κ3) is 1.85. The monoisotopic (exact) mass is 211 g/mol. The van der Waals surface area contributed by atoms with Gasteiger partial charge in [0, 0.05) is 22.2 Å². The second-order valence-corrected chi connectivity index (χ2v) is 5.59. The van der Waals surface area contributed by atoms with Crippen molar-refractivity contribution in [2.24, 2.45) is 0 Å². The molecule has 78 valence electrons. The van der Waals surface area contributed by atoms with Gasteiger partial charge in [0.15, 0.2) is 0 Å². The van der Waals surface area contributed by atoms with Crippen LogP contribution in [0.25, 0.3) is 0 Å². The Hall–Kier alpha value is -0.380. The second-order valence-electron chi connectivity index (χ2n) is 4.22. The van der Waals surface area contributed by atoms with E-state index in [1.54, 1.807) is 11.3 Å². The molecule has 1 fully saturated rings. The fraction of sp³-hybridized carbons (Fsp3) is 0.636. The average Bonchev–Trinajstić information content (AvgIpc) is 2.62. The van der Waals surface area contributed by atoms with E-state index in [-0.39, 0.29) is 6.04 Å². The molecule has 1 aliphatic rings. The van der Waals surface area contributed by atoms with E-state index in [0.717, 1.165) is 19.4 Å². The van der Waals surface area contributed by atoms with E-state index in [4.69, 9.17) is 0 Å². The predicted octanol–water partition coefficient (Wildman–Crippen LogP) is 1.71.